The third-order valence-electron chi connectivity index (χ3n) is 5.77. The predicted molar refractivity (Wildman–Crippen MR) is 152 cm³/mol. The molecule has 0 bridgehead atoms. The number of hydrogen-bond acceptors (Lipinski definition) is 6. The van der Waals surface area contributed by atoms with Gasteiger partial charge in [0.05, 0.1) is 21.2 Å². The van der Waals surface area contributed by atoms with Crippen LogP contribution in [0, 0.1) is 0 Å². The minimum atomic E-state index is -0.272. The Morgan fingerprint density at radius 1 is 0.647 bits per heavy atom. The number of thiocarbonyl (C=S) groups is 2. The van der Waals surface area contributed by atoms with Crippen molar-refractivity contribution in [1.29, 1.82) is 0 Å². The van der Waals surface area contributed by atoms with Crippen LogP contribution in [-0.4, -0.2) is 20.5 Å². The monoisotopic (exact) mass is 526 g/mol. The summed E-state index contributed by atoms with van der Waals surface area (Å²) in [7, 11) is 0. The number of benzene rings is 2. The molecule has 4 nitrogen and oxygen atoms in total. The SMILES string of the molecule is CCCCc1ccc(N2C(=O)C(=C3SC(=S)N(c4ccc(CCCC)cc4)C3=O)SC2=S)cc1. The fourth-order valence-electron chi connectivity index (χ4n) is 3.84. The van der Waals surface area contributed by atoms with Crippen molar-refractivity contribution >= 4 is 79.8 Å². The van der Waals surface area contributed by atoms with E-state index in [1.54, 1.807) is 0 Å². The standard InChI is InChI=1S/C26H26N2O2S4/c1-3-5-7-17-9-13-19(14-10-17)27-23(29)21(33-25(27)31)22-24(30)28(26(32)34-22)20-15-11-18(12-16-20)8-6-4-2/h9-16H,3-8H2,1-2H3. The number of anilines is 2. The van der Waals surface area contributed by atoms with Gasteiger partial charge in [-0.2, -0.15) is 0 Å². The summed E-state index contributed by atoms with van der Waals surface area (Å²) in [5.41, 5.74) is 3.90. The summed E-state index contributed by atoms with van der Waals surface area (Å²) in [4.78, 5) is 30.4. The fraction of sp³-hybridized carbons (Fsp3) is 0.308. The Bertz CT molecular complexity index is 1060. The van der Waals surface area contributed by atoms with E-state index in [0.29, 0.717) is 18.5 Å². The zero-order valence-corrected chi connectivity index (χ0v) is 22.5. The molecule has 2 amide bonds. The average molecular weight is 527 g/mol. The summed E-state index contributed by atoms with van der Waals surface area (Å²) in [5, 5.41) is 0. The smallest absolute Gasteiger partial charge is 0.268 e. The van der Waals surface area contributed by atoms with Gasteiger partial charge in [-0.05, 0) is 61.1 Å². The van der Waals surface area contributed by atoms with E-state index >= 15 is 0 Å². The molecule has 0 unspecified atom stereocenters. The van der Waals surface area contributed by atoms with Crippen LogP contribution < -0.4 is 9.80 Å². The Morgan fingerprint density at radius 2 is 1.00 bits per heavy atom. The molecule has 4 rings (SSSR count). The minimum absolute atomic E-state index is 0.272. The van der Waals surface area contributed by atoms with Crippen molar-refractivity contribution in [2.45, 2.75) is 52.4 Å². The highest BCUT2D eigenvalue weighted by molar-refractivity contribution is 8.30. The lowest BCUT2D eigenvalue weighted by molar-refractivity contribution is -0.115. The van der Waals surface area contributed by atoms with Crippen LogP contribution in [0.4, 0.5) is 11.4 Å². The van der Waals surface area contributed by atoms with E-state index in [4.69, 9.17) is 24.4 Å². The lowest BCUT2D eigenvalue weighted by Crippen LogP contribution is -2.29. The normalized spacial score (nSPS) is 18.5. The van der Waals surface area contributed by atoms with Crippen molar-refractivity contribution in [2.24, 2.45) is 0 Å². The number of rotatable bonds is 8. The third kappa shape index (κ3) is 5.15. The summed E-state index contributed by atoms with van der Waals surface area (Å²) in [6.45, 7) is 4.33. The van der Waals surface area contributed by atoms with Crippen LogP contribution in [0.5, 0.6) is 0 Å². The van der Waals surface area contributed by atoms with Gasteiger partial charge >= 0.3 is 0 Å². The largest absolute Gasteiger partial charge is 0.272 e. The van der Waals surface area contributed by atoms with Crippen molar-refractivity contribution < 1.29 is 9.59 Å². The van der Waals surface area contributed by atoms with E-state index in [2.05, 4.69) is 13.8 Å². The predicted octanol–water partition coefficient (Wildman–Crippen LogP) is 7.01. The van der Waals surface area contributed by atoms with E-state index in [-0.39, 0.29) is 11.8 Å². The molecule has 2 aliphatic heterocycles. The summed E-state index contributed by atoms with van der Waals surface area (Å²) in [6, 6.07) is 15.8. The molecule has 0 spiro atoms. The number of carbonyl (C=O) groups is 2. The van der Waals surface area contributed by atoms with Gasteiger partial charge in [0, 0.05) is 0 Å². The topological polar surface area (TPSA) is 40.6 Å². The zero-order chi connectivity index (χ0) is 24.2. The van der Waals surface area contributed by atoms with Gasteiger partial charge in [-0.1, -0.05) is 98.9 Å². The molecular weight excluding hydrogens is 501 g/mol. The summed E-state index contributed by atoms with van der Waals surface area (Å²) < 4.78 is 0.846. The Kier molecular flexibility index (Phi) is 8.24. The summed E-state index contributed by atoms with van der Waals surface area (Å²) in [5.74, 6) is -0.543. The van der Waals surface area contributed by atoms with Crippen LogP contribution in [0.1, 0.15) is 50.7 Å². The van der Waals surface area contributed by atoms with Crippen molar-refractivity contribution in [1.82, 2.24) is 0 Å². The second kappa shape index (κ2) is 11.2. The molecule has 2 aromatic rings. The molecule has 8 heteroatoms. The lowest BCUT2D eigenvalue weighted by atomic mass is 10.1. The van der Waals surface area contributed by atoms with Crippen molar-refractivity contribution in [3.8, 4) is 0 Å². The van der Waals surface area contributed by atoms with Crippen LogP contribution in [-0.2, 0) is 22.4 Å². The number of unbranched alkanes of at least 4 members (excludes halogenated alkanes) is 2. The van der Waals surface area contributed by atoms with E-state index in [9.17, 15) is 9.59 Å². The first-order valence-corrected chi connectivity index (χ1v) is 13.9. The van der Waals surface area contributed by atoms with Crippen molar-refractivity contribution in [3.63, 3.8) is 0 Å². The van der Waals surface area contributed by atoms with Crippen molar-refractivity contribution in [3.05, 3.63) is 69.5 Å². The Hall–Kier alpha value is -2.00. The maximum Gasteiger partial charge on any atom is 0.272 e. The van der Waals surface area contributed by atoms with Crippen LogP contribution in [0.25, 0.3) is 0 Å². The maximum atomic E-state index is 13.3. The summed E-state index contributed by atoms with van der Waals surface area (Å²) in [6.07, 6.45) is 6.55. The van der Waals surface area contributed by atoms with Gasteiger partial charge in [-0.3, -0.25) is 19.4 Å². The molecule has 0 aliphatic carbocycles. The Labute approximate surface area is 220 Å². The molecular formula is C26H26N2O2S4. The Morgan fingerprint density at radius 3 is 1.32 bits per heavy atom. The number of hydrogen-bond donors (Lipinski definition) is 0. The first-order chi connectivity index (χ1) is 16.4. The molecule has 0 radical (unpaired) electrons. The zero-order valence-electron chi connectivity index (χ0n) is 19.2. The van der Waals surface area contributed by atoms with Crippen LogP contribution in [0.15, 0.2) is 58.3 Å². The number of aryl methyl sites for hydroxylation is 2. The molecule has 0 aromatic heterocycles. The average Bonchev–Trinajstić information content (AvgIpc) is 3.30. The molecule has 0 N–H and O–H groups in total. The second-order valence-corrected chi connectivity index (χ2v) is 11.5. The van der Waals surface area contributed by atoms with Gasteiger partial charge in [-0.25, -0.2) is 0 Å². The van der Waals surface area contributed by atoms with Gasteiger partial charge in [0.1, 0.15) is 0 Å². The highest BCUT2D eigenvalue weighted by Crippen LogP contribution is 2.44. The van der Waals surface area contributed by atoms with Gasteiger partial charge in [0.2, 0.25) is 0 Å². The van der Waals surface area contributed by atoms with E-state index in [1.165, 1.54) is 44.5 Å². The summed E-state index contributed by atoms with van der Waals surface area (Å²) >= 11 is 13.4. The minimum Gasteiger partial charge on any atom is -0.268 e. The number of thioether (sulfide) groups is 2. The van der Waals surface area contributed by atoms with E-state index in [1.807, 2.05) is 48.5 Å². The maximum absolute atomic E-state index is 13.3. The first-order valence-electron chi connectivity index (χ1n) is 11.5. The van der Waals surface area contributed by atoms with Gasteiger partial charge in [0.15, 0.2) is 8.64 Å². The number of amides is 2. The van der Waals surface area contributed by atoms with Crippen LogP contribution in [0.2, 0.25) is 0 Å². The lowest BCUT2D eigenvalue weighted by Gasteiger charge is -2.15. The highest BCUT2D eigenvalue weighted by Gasteiger charge is 2.43. The quantitative estimate of drug-likeness (QED) is 0.272. The van der Waals surface area contributed by atoms with Crippen molar-refractivity contribution in [2.75, 3.05) is 9.80 Å². The second-order valence-electron chi connectivity index (χ2n) is 8.22. The molecule has 0 atom stereocenters. The molecule has 2 fully saturated rings. The fourth-order valence-corrected chi connectivity index (χ4v) is 6.59. The van der Waals surface area contributed by atoms with Crippen LogP contribution >= 0.6 is 48.0 Å². The molecule has 176 valence electrons. The van der Waals surface area contributed by atoms with E-state index < -0.39 is 0 Å². The van der Waals surface area contributed by atoms with Gasteiger partial charge < -0.3 is 0 Å². The van der Waals surface area contributed by atoms with E-state index in [0.717, 1.165) is 49.9 Å². The first kappa shape index (κ1) is 25.1. The van der Waals surface area contributed by atoms with Gasteiger partial charge in [-0.15, -0.1) is 0 Å². The number of nitrogens with zero attached hydrogens (tertiary/aromatic N) is 2. The molecule has 34 heavy (non-hydrogen) atoms. The van der Waals surface area contributed by atoms with Gasteiger partial charge in [0.25, 0.3) is 11.8 Å². The molecule has 2 aliphatic rings. The molecule has 0 saturated carbocycles. The Balaban J connectivity index is 1.55. The highest BCUT2D eigenvalue weighted by atomic mass is 32.2. The number of carbonyl (C=O) groups excluding carboxylic acids is 2. The molecule has 2 saturated heterocycles. The van der Waals surface area contributed by atoms with Crippen LogP contribution in [0.3, 0.4) is 0 Å². The molecule has 2 heterocycles. The molecule has 2 aromatic carbocycles. The third-order valence-corrected chi connectivity index (χ3v) is 8.65.